The first-order valence-electron chi connectivity index (χ1n) is 11.4. The number of likely N-dealkylation sites (N-methyl/N-ethyl adjacent to an activating group) is 1. The number of carbonyl (C=O) groups is 1. The number of carbonyl (C=O) groups excluding carboxylic acids is 1. The summed E-state index contributed by atoms with van der Waals surface area (Å²) >= 11 is 12.9. The van der Waals surface area contributed by atoms with Crippen LogP contribution < -0.4 is 4.74 Å². The van der Waals surface area contributed by atoms with Gasteiger partial charge in [-0.25, -0.2) is 4.68 Å². The third kappa shape index (κ3) is 5.09. The molecule has 0 N–H and O–H groups in total. The van der Waals surface area contributed by atoms with Crippen molar-refractivity contribution in [3.05, 3.63) is 106 Å². The van der Waals surface area contributed by atoms with Crippen molar-refractivity contribution in [2.24, 2.45) is 0 Å². The summed E-state index contributed by atoms with van der Waals surface area (Å²) in [5.41, 5.74) is 4.36. The average molecular weight is 532 g/mol. The number of thioether (sulfide) groups is 1. The Morgan fingerprint density at radius 1 is 1.03 bits per heavy atom. The number of halogens is 1. The second kappa shape index (κ2) is 10.7. The monoisotopic (exact) mass is 531 g/mol. The molecule has 0 unspecified atom stereocenters. The lowest BCUT2D eigenvalue weighted by atomic mass is 10.1. The van der Waals surface area contributed by atoms with Crippen LogP contribution in [-0.4, -0.2) is 31.5 Å². The summed E-state index contributed by atoms with van der Waals surface area (Å²) in [5, 5.41) is 5.54. The number of hydrogen-bond acceptors (Lipinski definition) is 5. The van der Waals surface area contributed by atoms with Gasteiger partial charge in [-0.1, -0.05) is 72.0 Å². The van der Waals surface area contributed by atoms with E-state index in [0.29, 0.717) is 27.4 Å². The largest absolute Gasteiger partial charge is 0.489 e. The Labute approximate surface area is 224 Å². The van der Waals surface area contributed by atoms with Crippen molar-refractivity contribution in [2.75, 3.05) is 6.54 Å². The number of nitrogens with zero attached hydrogens (tertiary/aromatic N) is 3. The lowest BCUT2D eigenvalue weighted by Gasteiger charge is -2.09. The Morgan fingerprint density at radius 3 is 2.44 bits per heavy atom. The van der Waals surface area contributed by atoms with Crippen LogP contribution in [0.25, 0.3) is 23.0 Å². The van der Waals surface area contributed by atoms with E-state index in [1.54, 1.807) is 4.90 Å². The molecule has 1 aliphatic rings. The van der Waals surface area contributed by atoms with Crippen molar-refractivity contribution in [1.29, 1.82) is 0 Å². The average Bonchev–Trinajstić information content (AvgIpc) is 3.44. The number of amides is 1. The number of hydrogen-bond donors (Lipinski definition) is 0. The molecule has 1 aromatic heterocycles. The number of rotatable bonds is 7. The van der Waals surface area contributed by atoms with Gasteiger partial charge < -0.3 is 4.74 Å². The van der Waals surface area contributed by atoms with Crippen molar-refractivity contribution >= 4 is 51.9 Å². The van der Waals surface area contributed by atoms with Gasteiger partial charge in [0.2, 0.25) is 0 Å². The molecule has 36 heavy (non-hydrogen) atoms. The Kier molecular flexibility index (Phi) is 7.23. The van der Waals surface area contributed by atoms with Crippen LogP contribution >= 0.6 is 35.6 Å². The van der Waals surface area contributed by atoms with Gasteiger partial charge in [-0.05, 0) is 55.5 Å². The second-order valence-corrected chi connectivity index (χ2v) is 10.1. The molecule has 3 aromatic carbocycles. The van der Waals surface area contributed by atoms with Gasteiger partial charge in [0.05, 0.1) is 16.3 Å². The van der Waals surface area contributed by atoms with Crippen molar-refractivity contribution in [3.63, 3.8) is 0 Å². The summed E-state index contributed by atoms with van der Waals surface area (Å²) in [5.74, 6) is 0.653. The molecule has 1 aliphatic heterocycles. The topological polar surface area (TPSA) is 47.4 Å². The minimum Gasteiger partial charge on any atom is -0.489 e. The summed E-state index contributed by atoms with van der Waals surface area (Å²) < 4.78 is 8.33. The van der Waals surface area contributed by atoms with Crippen LogP contribution in [0.1, 0.15) is 18.1 Å². The molecule has 4 aromatic rings. The molecule has 0 radical (unpaired) electrons. The van der Waals surface area contributed by atoms with E-state index in [0.717, 1.165) is 33.8 Å². The third-order valence-electron chi connectivity index (χ3n) is 5.72. The van der Waals surface area contributed by atoms with Gasteiger partial charge in [-0.2, -0.15) is 5.10 Å². The van der Waals surface area contributed by atoms with E-state index in [9.17, 15) is 4.79 Å². The minimum absolute atomic E-state index is 0.0748. The smallest absolute Gasteiger partial charge is 0.266 e. The molecule has 180 valence electrons. The van der Waals surface area contributed by atoms with Crippen LogP contribution in [0.4, 0.5) is 0 Å². The highest BCUT2D eigenvalue weighted by molar-refractivity contribution is 8.26. The second-order valence-electron chi connectivity index (χ2n) is 8.04. The van der Waals surface area contributed by atoms with E-state index in [-0.39, 0.29) is 5.91 Å². The maximum atomic E-state index is 12.8. The molecule has 1 saturated heterocycles. The van der Waals surface area contributed by atoms with Crippen LogP contribution in [-0.2, 0) is 11.4 Å². The fourth-order valence-electron chi connectivity index (χ4n) is 3.83. The molecule has 0 spiro atoms. The Hall–Kier alpha value is -3.39. The summed E-state index contributed by atoms with van der Waals surface area (Å²) in [6.07, 6.45) is 3.81. The first-order chi connectivity index (χ1) is 17.5. The van der Waals surface area contributed by atoms with Crippen LogP contribution in [0.2, 0.25) is 5.02 Å². The lowest BCUT2D eigenvalue weighted by Crippen LogP contribution is -2.27. The molecule has 5 rings (SSSR count). The number of ether oxygens (including phenoxy) is 1. The van der Waals surface area contributed by atoms with Gasteiger partial charge in [0.25, 0.3) is 5.91 Å². The lowest BCUT2D eigenvalue weighted by molar-refractivity contribution is -0.121. The van der Waals surface area contributed by atoms with E-state index in [2.05, 4.69) is 0 Å². The predicted octanol–water partition coefficient (Wildman–Crippen LogP) is 6.99. The SMILES string of the molecule is CCN1C(=O)/C(=C/c2cn(-c3ccccc3)nc2-c2ccc(OCc3ccccc3Cl)cc2)SC1=S. The van der Waals surface area contributed by atoms with Crippen molar-refractivity contribution < 1.29 is 9.53 Å². The molecule has 0 saturated carbocycles. The maximum absolute atomic E-state index is 12.8. The van der Waals surface area contributed by atoms with E-state index in [1.807, 2.05) is 103 Å². The minimum atomic E-state index is -0.0748. The van der Waals surface area contributed by atoms with E-state index in [1.165, 1.54) is 11.8 Å². The van der Waals surface area contributed by atoms with Gasteiger partial charge in [0.15, 0.2) is 0 Å². The Bertz CT molecular complexity index is 1450. The standard InChI is InChI=1S/C28H22ClN3O2S2/c1-2-31-27(33)25(36-28(31)35)16-21-17-32(22-9-4-3-5-10-22)30-26(21)19-12-14-23(15-13-19)34-18-20-8-6-7-11-24(20)29/h3-17H,2,18H2,1H3/b25-16-. The predicted molar refractivity (Wildman–Crippen MR) is 150 cm³/mol. The number of aromatic nitrogens is 2. The highest BCUT2D eigenvalue weighted by Gasteiger charge is 2.31. The zero-order valence-electron chi connectivity index (χ0n) is 19.4. The van der Waals surface area contributed by atoms with Gasteiger partial charge in [0, 0.05) is 34.5 Å². The van der Waals surface area contributed by atoms with Crippen molar-refractivity contribution in [3.8, 4) is 22.7 Å². The molecule has 0 aliphatic carbocycles. The summed E-state index contributed by atoms with van der Waals surface area (Å²) in [6.45, 7) is 2.85. The molecule has 0 bridgehead atoms. The molecule has 2 heterocycles. The Balaban J connectivity index is 1.46. The molecular formula is C28H22ClN3O2S2. The quantitative estimate of drug-likeness (QED) is 0.190. The van der Waals surface area contributed by atoms with Gasteiger partial charge in [0.1, 0.15) is 16.7 Å². The van der Waals surface area contributed by atoms with Gasteiger partial charge in [-0.3, -0.25) is 9.69 Å². The zero-order valence-corrected chi connectivity index (χ0v) is 21.8. The highest BCUT2D eigenvalue weighted by atomic mass is 35.5. The Morgan fingerprint density at radius 2 is 1.75 bits per heavy atom. The maximum Gasteiger partial charge on any atom is 0.266 e. The third-order valence-corrected chi connectivity index (χ3v) is 7.47. The van der Waals surface area contributed by atoms with Crippen LogP contribution in [0.15, 0.2) is 90.0 Å². The first kappa shape index (κ1) is 24.3. The summed E-state index contributed by atoms with van der Waals surface area (Å²) in [4.78, 5) is 15.0. The van der Waals surface area contributed by atoms with Crippen LogP contribution in [0.3, 0.4) is 0 Å². The molecule has 5 nitrogen and oxygen atoms in total. The zero-order chi connectivity index (χ0) is 25.1. The van der Waals surface area contributed by atoms with Crippen LogP contribution in [0, 0.1) is 0 Å². The molecule has 1 fully saturated rings. The van der Waals surface area contributed by atoms with E-state index >= 15 is 0 Å². The van der Waals surface area contributed by atoms with Gasteiger partial charge >= 0.3 is 0 Å². The summed E-state index contributed by atoms with van der Waals surface area (Å²) in [6, 6.07) is 25.3. The highest BCUT2D eigenvalue weighted by Crippen LogP contribution is 2.35. The summed E-state index contributed by atoms with van der Waals surface area (Å²) in [7, 11) is 0. The van der Waals surface area contributed by atoms with E-state index < -0.39 is 0 Å². The molecule has 0 atom stereocenters. The number of thiocarbonyl (C=S) groups is 1. The van der Waals surface area contributed by atoms with Crippen molar-refractivity contribution in [1.82, 2.24) is 14.7 Å². The normalized spacial score (nSPS) is 14.6. The molecule has 1 amide bonds. The van der Waals surface area contributed by atoms with E-state index in [4.69, 9.17) is 33.7 Å². The molecule has 8 heteroatoms. The number of benzene rings is 3. The van der Waals surface area contributed by atoms with Crippen LogP contribution in [0.5, 0.6) is 5.75 Å². The van der Waals surface area contributed by atoms with Gasteiger partial charge in [-0.15, -0.1) is 0 Å². The fourth-order valence-corrected chi connectivity index (χ4v) is 5.40. The number of para-hydroxylation sites is 1. The molecular weight excluding hydrogens is 510 g/mol. The first-order valence-corrected chi connectivity index (χ1v) is 13.0. The fraction of sp³-hybridized carbons (Fsp3) is 0.107. The van der Waals surface area contributed by atoms with Crippen molar-refractivity contribution in [2.45, 2.75) is 13.5 Å².